The second kappa shape index (κ2) is 9.96. The highest BCUT2D eigenvalue weighted by atomic mass is 79.9. The Morgan fingerprint density at radius 1 is 1.17 bits per heavy atom. The second-order valence-corrected chi connectivity index (χ2v) is 9.74. The van der Waals surface area contributed by atoms with E-state index in [0.717, 1.165) is 25.7 Å². The van der Waals surface area contributed by atoms with Crippen molar-refractivity contribution in [2.45, 2.75) is 74.9 Å². The van der Waals surface area contributed by atoms with Gasteiger partial charge in [0.15, 0.2) is 0 Å². The van der Waals surface area contributed by atoms with Gasteiger partial charge >= 0.3 is 0 Å². The van der Waals surface area contributed by atoms with Gasteiger partial charge in [-0.15, -0.1) is 0 Å². The van der Waals surface area contributed by atoms with Crippen molar-refractivity contribution >= 4 is 33.7 Å². The summed E-state index contributed by atoms with van der Waals surface area (Å²) in [5, 5.41) is 15.2. The number of hydrogen-bond donors (Lipinski definition) is 3. The first kappa shape index (κ1) is 23.5. The fourth-order valence-electron chi connectivity index (χ4n) is 5.26. The summed E-state index contributed by atoms with van der Waals surface area (Å²) in [7, 11) is 0. The molecule has 0 aromatic heterocycles. The molecule has 3 aliphatic heterocycles. The number of fused-ring (bicyclic) bond motifs is 1. The Morgan fingerprint density at radius 2 is 1.90 bits per heavy atom. The van der Waals surface area contributed by atoms with Crippen molar-refractivity contribution in [3.05, 3.63) is 0 Å². The number of aliphatic hydroxyl groups excluding tert-OH is 1. The van der Waals surface area contributed by atoms with E-state index < -0.39 is 29.6 Å². The van der Waals surface area contributed by atoms with Crippen molar-refractivity contribution in [1.82, 2.24) is 15.5 Å². The lowest BCUT2D eigenvalue weighted by molar-refractivity contribution is -0.142. The van der Waals surface area contributed by atoms with Crippen LogP contribution in [0.15, 0.2) is 0 Å². The molecule has 3 amide bonds. The van der Waals surface area contributed by atoms with Gasteiger partial charge in [-0.25, -0.2) is 0 Å². The van der Waals surface area contributed by atoms with Gasteiger partial charge in [0.05, 0.1) is 17.9 Å². The third-order valence-electron chi connectivity index (χ3n) is 6.53. The molecule has 8 nitrogen and oxygen atoms in total. The van der Waals surface area contributed by atoms with Crippen molar-refractivity contribution in [2.75, 3.05) is 26.2 Å². The number of carbonyl (C=O) groups excluding carboxylic acids is 3. The largest absolute Gasteiger partial charge is 0.396 e. The maximum atomic E-state index is 13.5. The number of hydrogen-bond acceptors (Lipinski definition) is 5. The minimum atomic E-state index is -1.01. The SMILES string of the molecule is CCCCCNC(=O)C1N(CCCO)C(=O)[C@@H]2[C@H](C(=O)NCCC)[C@H]3OC12CC3Br. The van der Waals surface area contributed by atoms with Crippen LogP contribution >= 0.6 is 15.9 Å². The van der Waals surface area contributed by atoms with Crippen LogP contribution in [-0.2, 0) is 19.1 Å². The van der Waals surface area contributed by atoms with E-state index in [4.69, 9.17) is 4.74 Å². The Morgan fingerprint density at radius 3 is 2.57 bits per heavy atom. The maximum Gasteiger partial charge on any atom is 0.245 e. The number of rotatable bonds is 11. The average Bonchev–Trinajstić information content (AvgIpc) is 3.31. The molecule has 3 N–H and O–H groups in total. The van der Waals surface area contributed by atoms with E-state index in [9.17, 15) is 19.5 Å². The number of carbonyl (C=O) groups is 3. The van der Waals surface area contributed by atoms with Crippen LogP contribution in [0, 0.1) is 11.8 Å². The summed E-state index contributed by atoms with van der Waals surface area (Å²) in [5.74, 6) is -1.90. The highest BCUT2D eigenvalue weighted by Crippen LogP contribution is 2.59. The highest BCUT2D eigenvalue weighted by molar-refractivity contribution is 9.09. The number of nitrogens with zero attached hydrogens (tertiary/aromatic N) is 1. The number of amides is 3. The number of likely N-dealkylation sites (tertiary alicyclic amines) is 1. The second-order valence-electron chi connectivity index (χ2n) is 8.56. The zero-order chi connectivity index (χ0) is 21.9. The molecule has 3 heterocycles. The van der Waals surface area contributed by atoms with E-state index in [1.165, 1.54) is 4.90 Å². The van der Waals surface area contributed by atoms with E-state index in [0.29, 0.717) is 25.9 Å². The monoisotopic (exact) mass is 487 g/mol. The predicted octanol–water partition coefficient (Wildman–Crippen LogP) is 0.949. The minimum Gasteiger partial charge on any atom is -0.396 e. The molecule has 1 spiro atoms. The summed E-state index contributed by atoms with van der Waals surface area (Å²) in [6, 6.07) is -0.780. The molecule has 3 rings (SSSR count). The smallest absolute Gasteiger partial charge is 0.245 e. The van der Waals surface area contributed by atoms with E-state index in [2.05, 4.69) is 33.5 Å². The van der Waals surface area contributed by atoms with E-state index in [1.54, 1.807) is 0 Å². The summed E-state index contributed by atoms with van der Waals surface area (Å²) in [6.07, 6.45) is 4.21. The van der Waals surface area contributed by atoms with Gasteiger partial charge in [0.2, 0.25) is 17.7 Å². The molecular formula is C21H34BrN3O5. The molecule has 3 saturated heterocycles. The Labute approximate surface area is 186 Å². The molecule has 6 atom stereocenters. The van der Waals surface area contributed by atoms with Gasteiger partial charge in [-0.1, -0.05) is 42.6 Å². The van der Waals surface area contributed by atoms with E-state index in [1.807, 2.05) is 6.92 Å². The van der Waals surface area contributed by atoms with Crippen molar-refractivity contribution in [1.29, 1.82) is 0 Å². The van der Waals surface area contributed by atoms with Gasteiger partial charge in [0.25, 0.3) is 0 Å². The van der Waals surface area contributed by atoms with Crippen LogP contribution in [0.25, 0.3) is 0 Å². The number of aliphatic hydroxyl groups is 1. The van der Waals surface area contributed by atoms with Crippen molar-refractivity contribution < 1.29 is 24.2 Å². The van der Waals surface area contributed by atoms with Crippen LogP contribution in [0.4, 0.5) is 0 Å². The van der Waals surface area contributed by atoms with Crippen LogP contribution in [0.2, 0.25) is 0 Å². The molecule has 170 valence electrons. The lowest BCUT2D eigenvalue weighted by Crippen LogP contribution is -2.56. The highest BCUT2D eigenvalue weighted by Gasteiger charge is 2.76. The third-order valence-corrected chi connectivity index (χ3v) is 7.37. The zero-order valence-corrected chi connectivity index (χ0v) is 19.4. The summed E-state index contributed by atoms with van der Waals surface area (Å²) in [4.78, 5) is 41.1. The molecule has 0 saturated carbocycles. The fourth-order valence-corrected chi connectivity index (χ4v) is 6.20. The summed E-state index contributed by atoms with van der Waals surface area (Å²) in [6.45, 7) is 5.36. The Hall–Kier alpha value is -1.19. The summed E-state index contributed by atoms with van der Waals surface area (Å²) in [5.41, 5.74) is -1.01. The Kier molecular flexibility index (Phi) is 7.79. The lowest BCUT2D eigenvalue weighted by Gasteiger charge is -2.34. The molecule has 2 bridgehead atoms. The molecular weight excluding hydrogens is 454 g/mol. The van der Waals surface area contributed by atoms with Crippen LogP contribution in [0.1, 0.15) is 52.4 Å². The first-order valence-corrected chi connectivity index (χ1v) is 12.1. The maximum absolute atomic E-state index is 13.5. The van der Waals surface area contributed by atoms with Gasteiger partial charge in [0.1, 0.15) is 11.6 Å². The zero-order valence-electron chi connectivity index (χ0n) is 17.9. The molecule has 0 aromatic rings. The predicted molar refractivity (Wildman–Crippen MR) is 115 cm³/mol. The normalized spacial score (nSPS) is 34.3. The standard InChI is InChI=1S/C21H34BrN3O5/c1-3-5-6-9-24-19(28)17-21-12-13(22)16(30-21)14(18(27)23-8-4-2)15(21)20(29)25(17)10-7-11-26/h13-17,26H,3-12H2,1-2H3,(H,23,27)(H,24,28)/t13?,14-,15-,16-,17?,21?/m0/s1. The van der Waals surface area contributed by atoms with Crippen LogP contribution in [-0.4, -0.2) is 76.5 Å². The first-order chi connectivity index (χ1) is 14.4. The van der Waals surface area contributed by atoms with Crippen LogP contribution in [0.5, 0.6) is 0 Å². The number of alkyl halides is 1. The number of nitrogens with one attached hydrogen (secondary N) is 2. The van der Waals surface area contributed by atoms with Crippen LogP contribution in [0.3, 0.4) is 0 Å². The number of halogens is 1. The first-order valence-electron chi connectivity index (χ1n) is 11.2. The van der Waals surface area contributed by atoms with Crippen molar-refractivity contribution in [2.24, 2.45) is 11.8 Å². The Balaban J connectivity index is 1.88. The van der Waals surface area contributed by atoms with Crippen molar-refractivity contribution in [3.8, 4) is 0 Å². The van der Waals surface area contributed by atoms with Gasteiger partial charge < -0.3 is 25.4 Å². The molecule has 3 unspecified atom stereocenters. The van der Waals surface area contributed by atoms with Crippen molar-refractivity contribution in [3.63, 3.8) is 0 Å². The fraction of sp³-hybridized carbons (Fsp3) is 0.857. The van der Waals surface area contributed by atoms with Gasteiger partial charge in [-0.2, -0.15) is 0 Å². The van der Waals surface area contributed by atoms with Gasteiger partial charge in [-0.3, -0.25) is 14.4 Å². The summed E-state index contributed by atoms with van der Waals surface area (Å²) < 4.78 is 6.36. The minimum absolute atomic E-state index is 0.0722. The number of unbranched alkanes of at least 4 members (excludes halogenated alkanes) is 2. The quantitative estimate of drug-likeness (QED) is 0.297. The molecule has 9 heteroatoms. The van der Waals surface area contributed by atoms with E-state index >= 15 is 0 Å². The molecule has 0 aromatic carbocycles. The topological polar surface area (TPSA) is 108 Å². The van der Waals surface area contributed by atoms with Gasteiger partial charge in [-0.05, 0) is 25.7 Å². The van der Waals surface area contributed by atoms with Crippen LogP contribution < -0.4 is 10.6 Å². The summed E-state index contributed by atoms with van der Waals surface area (Å²) >= 11 is 3.64. The molecule has 0 radical (unpaired) electrons. The molecule has 0 aliphatic carbocycles. The molecule has 30 heavy (non-hydrogen) atoms. The average molecular weight is 488 g/mol. The van der Waals surface area contributed by atoms with Gasteiger partial charge in [0, 0.05) is 31.1 Å². The molecule has 3 aliphatic rings. The van der Waals surface area contributed by atoms with E-state index in [-0.39, 0.29) is 35.7 Å². The molecule has 3 fully saturated rings. The number of ether oxygens (including phenoxy) is 1. The lowest BCUT2D eigenvalue weighted by atomic mass is 9.70. The Bertz CT molecular complexity index is 663. The third kappa shape index (κ3) is 4.00.